The molecule has 0 saturated carbocycles. The van der Waals surface area contributed by atoms with Crippen molar-refractivity contribution in [1.82, 2.24) is 9.55 Å². The molecular formula is C30H40N2O5Si. The van der Waals surface area contributed by atoms with Crippen LogP contribution in [0.15, 0.2) is 76.5 Å². The molecule has 5 unspecified atom stereocenters. The summed E-state index contributed by atoms with van der Waals surface area (Å²) in [6, 6.07) is 11.9. The first-order valence-electron chi connectivity index (χ1n) is 13.7. The summed E-state index contributed by atoms with van der Waals surface area (Å²) in [5.41, 5.74) is -0.773. The maximum Gasteiger partial charge on any atom is 0.330 e. The number of unbranched alkanes of at least 4 members (excludes halogenated alkanes) is 1. The van der Waals surface area contributed by atoms with Crippen molar-refractivity contribution >= 4 is 19.3 Å². The van der Waals surface area contributed by atoms with Gasteiger partial charge in [-0.05, 0) is 30.0 Å². The molecule has 1 saturated heterocycles. The molecule has 1 fully saturated rings. The molecule has 2 heterocycles. The Morgan fingerprint density at radius 1 is 1.18 bits per heavy atom. The van der Waals surface area contributed by atoms with Crippen LogP contribution in [0, 0.1) is 5.92 Å². The normalized spacial score (nSPS) is 24.8. The fraction of sp³-hybridized carbons (Fsp3) is 0.500. The summed E-state index contributed by atoms with van der Waals surface area (Å²) in [6.45, 7) is 8.74. The Labute approximate surface area is 225 Å². The zero-order valence-corrected chi connectivity index (χ0v) is 23.9. The van der Waals surface area contributed by atoms with E-state index in [1.165, 1.54) is 22.0 Å². The van der Waals surface area contributed by atoms with Crippen LogP contribution in [0.4, 0.5) is 0 Å². The van der Waals surface area contributed by atoms with Gasteiger partial charge in [0, 0.05) is 24.2 Å². The van der Waals surface area contributed by atoms with Crippen LogP contribution < -0.4 is 16.4 Å². The number of Topliss-reactive ketones (excluding diaryl/α,β-unsaturated/α-hetero) is 1. The molecule has 7 nitrogen and oxygen atoms in total. The van der Waals surface area contributed by atoms with Crippen LogP contribution in [0.3, 0.4) is 0 Å². The van der Waals surface area contributed by atoms with Gasteiger partial charge >= 0.3 is 5.69 Å². The second kappa shape index (κ2) is 11.9. The van der Waals surface area contributed by atoms with Crippen LogP contribution in [-0.4, -0.2) is 36.4 Å². The van der Waals surface area contributed by atoms with Crippen molar-refractivity contribution in [3.63, 3.8) is 0 Å². The van der Waals surface area contributed by atoms with Gasteiger partial charge in [0.15, 0.2) is 0 Å². The molecule has 1 aromatic carbocycles. The summed E-state index contributed by atoms with van der Waals surface area (Å²) in [5.74, 6) is -0.391. The molecule has 0 bridgehead atoms. The Kier molecular flexibility index (Phi) is 8.85. The summed E-state index contributed by atoms with van der Waals surface area (Å²) in [7, 11) is -2.73. The number of aromatic amines is 1. The second-order valence-corrected chi connectivity index (χ2v) is 15.6. The maximum absolute atomic E-state index is 12.7. The highest BCUT2D eigenvalue weighted by atomic mass is 28.4. The van der Waals surface area contributed by atoms with Crippen molar-refractivity contribution in [1.29, 1.82) is 0 Å². The third kappa shape index (κ3) is 5.62. The summed E-state index contributed by atoms with van der Waals surface area (Å²) >= 11 is 0. The summed E-state index contributed by atoms with van der Waals surface area (Å²) in [6.07, 6.45) is 13.6. The number of benzene rings is 1. The molecule has 2 aliphatic rings. The number of carbonyl (C=O) groups is 1. The van der Waals surface area contributed by atoms with E-state index in [0.29, 0.717) is 6.42 Å². The highest BCUT2D eigenvalue weighted by molar-refractivity contribution is 6.90. The summed E-state index contributed by atoms with van der Waals surface area (Å²) < 4.78 is 14.9. The molecular weight excluding hydrogens is 496 g/mol. The lowest BCUT2D eigenvalue weighted by molar-refractivity contribution is -0.123. The molecule has 1 N–H and O–H groups in total. The van der Waals surface area contributed by atoms with E-state index in [2.05, 4.69) is 74.3 Å². The van der Waals surface area contributed by atoms with E-state index in [9.17, 15) is 14.4 Å². The number of carbonyl (C=O) groups excluding carboxylic acids is 1. The quantitative estimate of drug-likeness (QED) is 0.419. The van der Waals surface area contributed by atoms with E-state index < -0.39 is 37.8 Å². The topological polar surface area (TPSA) is 90.4 Å². The van der Waals surface area contributed by atoms with Gasteiger partial charge in [-0.2, -0.15) is 0 Å². The SMILES string of the molecule is CCCCC(C)(C)[Si](OCC1OC(n2ccc(=O)[nH]c2=O)CC1C(C)=O)(c1ccccc1)C1C=CC=CC1. The third-order valence-corrected chi connectivity index (χ3v) is 13.8. The fourth-order valence-corrected chi connectivity index (χ4v) is 11.7. The van der Waals surface area contributed by atoms with Gasteiger partial charge < -0.3 is 9.16 Å². The predicted molar refractivity (Wildman–Crippen MR) is 152 cm³/mol. The molecule has 5 atom stereocenters. The zero-order chi connectivity index (χ0) is 27.3. The van der Waals surface area contributed by atoms with E-state index in [-0.39, 0.29) is 23.0 Å². The van der Waals surface area contributed by atoms with Gasteiger partial charge in [-0.15, -0.1) is 0 Å². The minimum absolute atomic E-state index is 0.0105. The Morgan fingerprint density at radius 2 is 1.95 bits per heavy atom. The van der Waals surface area contributed by atoms with Crippen molar-refractivity contribution in [2.45, 2.75) is 82.7 Å². The van der Waals surface area contributed by atoms with Gasteiger partial charge in [-0.3, -0.25) is 19.1 Å². The number of ether oxygens (including phenoxy) is 1. The van der Waals surface area contributed by atoms with Gasteiger partial charge in [-0.25, -0.2) is 4.79 Å². The van der Waals surface area contributed by atoms with Crippen molar-refractivity contribution in [2.75, 3.05) is 6.61 Å². The maximum atomic E-state index is 12.7. The number of aromatic nitrogens is 2. The minimum atomic E-state index is -2.73. The number of H-pyrrole nitrogens is 1. The molecule has 1 aromatic heterocycles. The van der Waals surface area contributed by atoms with Gasteiger partial charge in [0.1, 0.15) is 12.0 Å². The number of nitrogens with one attached hydrogen (secondary N) is 1. The number of nitrogens with zero attached hydrogens (tertiary/aromatic N) is 1. The Bertz CT molecular complexity index is 1280. The number of rotatable bonds is 11. The third-order valence-electron chi connectivity index (χ3n) is 8.26. The molecule has 2 aromatic rings. The van der Waals surface area contributed by atoms with Crippen LogP contribution >= 0.6 is 0 Å². The molecule has 1 aliphatic heterocycles. The van der Waals surface area contributed by atoms with Gasteiger partial charge in [0.05, 0.1) is 18.6 Å². The second-order valence-electron chi connectivity index (χ2n) is 11.2. The van der Waals surface area contributed by atoms with Crippen LogP contribution in [0.25, 0.3) is 0 Å². The van der Waals surface area contributed by atoms with E-state index in [0.717, 1.165) is 25.7 Å². The average Bonchev–Trinajstić information content (AvgIpc) is 3.33. The van der Waals surface area contributed by atoms with Crippen LogP contribution in [0.5, 0.6) is 0 Å². The fourth-order valence-electron chi connectivity index (χ4n) is 6.22. The van der Waals surface area contributed by atoms with Crippen molar-refractivity contribution in [3.8, 4) is 0 Å². The lowest BCUT2D eigenvalue weighted by atomic mass is 9.97. The Balaban J connectivity index is 1.71. The molecule has 0 spiro atoms. The first-order valence-corrected chi connectivity index (χ1v) is 15.7. The Morgan fingerprint density at radius 3 is 2.58 bits per heavy atom. The molecule has 38 heavy (non-hydrogen) atoms. The molecule has 1 aliphatic carbocycles. The number of hydrogen-bond donors (Lipinski definition) is 1. The average molecular weight is 537 g/mol. The lowest BCUT2D eigenvalue weighted by Crippen LogP contribution is -2.62. The smallest absolute Gasteiger partial charge is 0.330 e. The van der Waals surface area contributed by atoms with Crippen LogP contribution in [0.1, 0.15) is 66.0 Å². The van der Waals surface area contributed by atoms with E-state index in [4.69, 9.17) is 9.16 Å². The Hall–Kier alpha value is -2.81. The van der Waals surface area contributed by atoms with Crippen molar-refractivity contribution in [3.05, 3.63) is 87.7 Å². The van der Waals surface area contributed by atoms with Gasteiger partial charge in [0.25, 0.3) is 5.56 Å². The van der Waals surface area contributed by atoms with E-state index >= 15 is 0 Å². The number of ketones is 1. The molecule has 204 valence electrons. The van der Waals surface area contributed by atoms with Crippen LogP contribution in [0.2, 0.25) is 10.6 Å². The predicted octanol–water partition coefficient (Wildman–Crippen LogP) is 4.76. The highest BCUT2D eigenvalue weighted by Crippen LogP contribution is 2.51. The van der Waals surface area contributed by atoms with Gasteiger partial charge in [-0.1, -0.05) is 88.2 Å². The standard InChI is InChI=1S/C30H40N2O5Si/c1-5-6-18-30(3,4)38(23-13-9-7-10-14-23,24-15-11-8-12-16-24)36-21-26-25(22(2)33)20-28(37-26)32-19-17-27(34)31-29(32)35/h7-15,17,19,24-26,28H,5-6,16,18,20-21H2,1-4H3,(H,31,34,35). The molecule has 8 heteroatoms. The molecule has 4 rings (SSSR count). The van der Waals surface area contributed by atoms with Gasteiger partial charge in [0.2, 0.25) is 8.32 Å². The zero-order valence-electron chi connectivity index (χ0n) is 22.9. The number of hydrogen-bond acceptors (Lipinski definition) is 5. The highest BCUT2D eigenvalue weighted by Gasteiger charge is 2.55. The molecule has 0 radical (unpaired) electrons. The summed E-state index contributed by atoms with van der Waals surface area (Å²) in [4.78, 5) is 39.0. The van der Waals surface area contributed by atoms with Crippen molar-refractivity contribution < 1.29 is 14.0 Å². The first kappa shape index (κ1) is 28.2. The first-order chi connectivity index (χ1) is 18.2. The largest absolute Gasteiger partial charge is 0.409 e. The lowest BCUT2D eigenvalue weighted by Gasteiger charge is -2.49. The summed E-state index contributed by atoms with van der Waals surface area (Å²) in [5, 5.41) is 1.15. The molecule has 0 amide bonds. The van der Waals surface area contributed by atoms with Crippen LogP contribution in [-0.2, 0) is 14.0 Å². The minimum Gasteiger partial charge on any atom is -0.409 e. The van der Waals surface area contributed by atoms with Crippen molar-refractivity contribution in [2.24, 2.45) is 5.92 Å². The monoisotopic (exact) mass is 536 g/mol. The van der Waals surface area contributed by atoms with E-state index in [1.54, 1.807) is 6.92 Å². The number of allylic oxidation sites excluding steroid dienone is 4. The van der Waals surface area contributed by atoms with E-state index in [1.807, 2.05) is 6.07 Å².